The lowest BCUT2D eigenvalue weighted by Gasteiger charge is -2.18. The maximum absolute atomic E-state index is 14.0. The fraction of sp³-hybridized carbons (Fsp3) is 0.0930. The first-order valence-corrected chi connectivity index (χ1v) is 16.7. The highest BCUT2D eigenvalue weighted by Gasteiger charge is 2.37. The van der Waals surface area contributed by atoms with Crippen LogP contribution in [-0.4, -0.2) is 19.5 Å². The topological polar surface area (TPSA) is 43.6 Å². The molecule has 0 radical (unpaired) electrons. The fourth-order valence-electron chi connectivity index (χ4n) is 6.65. The standard InChI is InChI=1S/C43H28F6N4/c1-25-13-17-36-34(19-25)35-20-26(2)14-18-37(35)53(36)38-23-29(30-21-31(42(44,45)46)24-32(22-30)43(47,48)49)15-16-33(38)41-51-39(27-9-5-3-6-10-27)50-40(52-41)28-11-7-4-8-12-28/h3-24H,1-2H3. The molecule has 0 N–H and O–H groups in total. The zero-order valence-electron chi connectivity index (χ0n) is 28.3. The minimum atomic E-state index is -5.01. The summed E-state index contributed by atoms with van der Waals surface area (Å²) in [5.41, 5.74) is 3.16. The van der Waals surface area contributed by atoms with Crippen molar-refractivity contribution in [3.8, 4) is 51.0 Å². The van der Waals surface area contributed by atoms with Gasteiger partial charge in [0.1, 0.15) is 0 Å². The molecule has 262 valence electrons. The van der Waals surface area contributed by atoms with Gasteiger partial charge in [-0.3, -0.25) is 0 Å². The Labute approximate surface area is 300 Å². The summed E-state index contributed by atoms with van der Waals surface area (Å²) in [5.74, 6) is 1.06. The van der Waals surface area contributed by atoms with Crippen molar-refractivity contribution in [2.75, 3.05) is 0 Å². The van der Waals surface area contributed by atoms with Crippen LogP contribution in [0.15, 0.2) is 133 Å². The van der Waals surface area contributed by atoms with E-state index in [1.54, 1.807) is 12.1 Å². The van der Waals surface area contributed by atoms with Crippen LogP contribution in [0.3, 0.4) is 0 Å². The van der Waals surface area contributed by atoms with Gasteiger partial charge >= 0.3 is 12.4 Å². The number of hydrogen-bond donors (Lipinski definition) is 0. The molecule has 0 aliphatic carbocycles. The van der Waals surface area contributed by atoms with Gasteiger partial charge in [-0.05, 0) is 79.6 Å². The maximum atomic E-state index is 14.0. The van der Waals surface area contributed by atoms with E-state index in [2.05, 4.69) is 12.1 Å². The van der Waals surface area contributed by atoms with Gasteiger partial charge in [0.2, 0.25) is 0 Å². The third-order valence-electron chi connectivity index (χ3n) is 9.18. The zero-order valence-corrected chi connectivity index (χ0v) is 28.3. The van der Waals surface area contributed by atoms with Gasteiger partial charge in [0.25, 0.3) is 0 Å². The highest BCUT2D eigenvalue weighted by atomic mass is 19.4. The first kappa shape index (κ1) is 33.8. The van der Waals surface area contributed by atoms with Crippen molar-refractivity contribution in [3.05, 3.63) is 156 Å². The Kier molecular flexibility index (Phi) is 8.13. The second-order valence-corrected chi connectivity index (χ2v) is 12.9. The second-order valence-electron chi connectivity index (χ2n) is 12.9. The Morgan fingerprint density at radius 2 is 0.906 bits per heavy atom. The molecule has 8 aromatic rings. The number of nitrogens with zero attached hydrogens (tertiary/aromatic N) is 4. The van der Waals surface area contributed by atoms with Crippen LogP contribution < -0.4 is 0 Å². The molecule has 2 aromatic heterocycles. The fourth-order valence-corrected chi connectivity index (χ4v) is 6.65. The Morgan fingerprint density at radius 3 is 1.38 bits per heavy atom. The molecular formula is C43H28F6N4. The van der Waals surface area contributed by atoms with Crippen LogP contribution in [0.4, 0.5) is 26.3 Å². The summed E-state index contributed by atoms with van der Waals surface area (Å²) < 4.78 is 86.1. The molecule has 10 heteroatoms. The largest absolute Gasteiger partial charge is 0.416 e. The average Bonchev–Trinajstić information content (AvgIpc) is 3.46. The van der Waals surface area contributed by atoms with Crippen molar-refractivity contribution >= 4 is 21.8 Å². The number of fused-ring (bicyclic) bond motifs is 3. The van der Waals surface area contributed by atoms with E-state index in [9.17, 15) is 26.3 Å². The molecule has 2 heterocycles. The average molecular weight is 715 g/mol. The van der Waals surface area contributed by atoms with Crippen LogP contribution in [0.25, 0.3) is 72.8 Å². The van der Waals surface area contributed by atoms with Crippen molar-refractivity contribution in [1.29, 1.82) is 0 Å². The number of aryl methyl sites for hydroxylation is 2. The van der Waals surface area contributed by atoms with Gasteiger partial charge in [0.15, 0.2) is 17.5 Å². The first-order valence-electron chi connectivity index (χ1n) is 16.7. The summed E-state index contributed by atoms with van der Waals surface area (Å²) in [6, 6.07) is 37.1. The lowest BCUT2D eigenvalue weighted by molar-refractivity contribution is -0.143. The summed E-state index contributed by atoms with van der Waals surface area (Å²) in [7, 11) is 0. The minimum Gasteiger partial charge on any atom is -0.308 e. The van der Waals surface area contributed by atoms with Gasteiger partial charge in [-0.15, -0.1) is 0 Å². The van der Waals surface area contributed by atoms with E-state index in [0.717, 1.165) is 56.2 Å². The zero-order chi connectivity index (χ0) is 37.1. The highest BCUT2D eigenvalue weighted by Crippen LogP contribution is 2.42. The molecule has 0 amide bonds. The quantitative estimate of drug-likeness (QED) is 0.167. The molecule has 0 unspecified atom stereocenters. The summed E-state index contributed by atoms with van der Waals surface area (Å²) in [4.78, 5) is 14.6. The molecule has 0 saturated heterocycles. The molecule has 0 saturated carbocycles. The van der Waals surface area contributed by atoms with E-state index in [1.807, 2.05) is 103 Å². The molecule has 0 aliphatic heterocycles. The molecule has 0 aliphatic rings. The summed E-state index contributed by atoms with van der Waals surface area (Å²) in [5, 5.41) is 1.87. The van der Waals surface area contributed by atoms with Crippen LogP contribution in [0.1, 0.15) is 22.3 Å². The Bertz CT molecular complexity index is 2510. The molecule has 0 bridgehead atoms. The monoisotopic (exact) mass is 714 g/mol. The molecule has 0 fully saturated rings. The number of rotatable bonds is 5. The van der Waals surface area contributed by atoms with Crippen LogP contribution in [0.2, 0.25) is 0 Å². The maximum Gasteiger partial charge on any atom is 0.416 e. The lowest BCUT2D eigenvalue weighted by Crippen LogP contribution is -2.11. The molecule has 0 spiro atoms. The normalized spacial score (nSPS) is 12.2. The van der Waals surface area contributed by atoms with E-state index >= 15 is 0 Å². The van der Waals surface area contributed by atoms with Crippen molar-refractivity contribution in [2.24, 2.45) is 0 Å². The molecule has 53 heavy (non-hydrogen) atoms. The van der Waals surface area contributed by atoms with Crippen molar-refractivity contribution in [3.63, 3.8) is 0 Å². The van der Waals surface area contributed by atoms with Crippen LogP contribution in [-0.2, 0) is 12.4 Å². The van der Waals surface area contributed by atoms with Crippen LogP contribution in [0.5, 0.6) is 0 Å². The predicted octanol–water partition coefficient (Wildman–Crippen LogP) is 12.3. The molecule has 8 rings (SSSR count). The van der Waals surface area contributed by atoms with Gasteiger partial charge in [0.05, 0.1) is 27.8 Å². The van der Waals surface area contributed by atoms with Gasteiger partial charge in [-0.1, -0.05) is 90.0 Å². The first-order chi connectivity index (χ1) is 25.3. The third kappa shape index (κ3) is 6.41. The van der Waals surface area contributed by atoms with Gasteiger partial charge < -0.3 is 4.57 Å². The van der Waals surface area contributed by atoms with E-state index in [4.69, 9.17) is 15.0 Å². The minimum absolute atomic E-state index is 0.136. The van der Waals surface area contributed by atoms with Crippen molar-refractivity contribution < 1.29 is 26.3 Å². The summed E-state index contributed by atoms with van der Waals surface area (Å²) >= 11 is 0. The Balaban J connectivity index is 1.47. The SMILES string of the molecule is Cc1ccc2c(c1)c1cc(C)ccc1n2-c1cc(-c2cc(C(F)(F)F)cc(C(F)(F)F)c2)ccc1-c1nc(-c2ccccc2)nc(-c2ccccc2)n1. The lowest BCUT2D eigenvalue weighted by atomic mass is 9.97. The Morgan fingerprint density at radius 1 is 0.434 bits per heavy atom. The number of hydrogen-bond acceptors (Lipinski definition) is 3. The molecule has 0 atom stereocenters. The highest BCUT2D eigenvalue weighted by molar-refractivity contribution is 6.10. The number of aromatic nitrogens is 4. The van der Waals surface area contributed by atoms with Crippen LogP contribution >= 0.6 is 0 Å². The van der Waals surface area contributed by atoms with Gasteiger partial charge in [0, 0.05) is 27.5 Å². The Hall–Kier alpha value is -6.29. The summed E-state index contributed by atoms with van der Waals surface area (Å²) in [6.07, 6.45) is -10.0. The van der Waals surface area contributed by atoms with Crippen molar-refractivity contribution in [2.45, 2.75) is 26.2 Å². The van der Waals surface area contributed by atoms with Crippen molar-refractivity contribution in [1.82, 2.24) is 19.5 Å². The smallest absolute Gasteiger partial charge is 0.308 e. The molecule has 6 aromatic carbocycles. The third-order valence-corrected chi connectivity index (χ3v) is 9.18. The van der Waals surface area contributed by atoms with E-state index in [1.165, 1.54) is 6.07 Å². The van der Waals surface area contributed by atoms with Gasteiger partial charge in [-0.2, -0.15) is 26.3 Å². The predicted molar refractivity (Wildman–Crippen MR) is 195 cm³/mol. The van der Waals surface area contributed by atoms with E-state index in [-0.39, 0.29) is 23.0 Å². The van der Waals surface area contributed by atoms with Crippen LogP contribution in [0, 0.1) is 13.8 Å². The van der Waals surface area contributed by atoms with E-state index < -0.39 is 23.5 Å². The molecule has 4 nitrogen and oxygen atoms in total. The summed E-state index contributed by atoms with van der Waals surface area (Å²) in [6.45, 7) is 3.97. The number of alkyl halides is 6. The van der Waals surface area contributed by atoms with Gasteiger partial charge in [-0.25, -0.2) is 15.0 Å². The number of halogens is 6. The number of benzene rings is 6. The van der Waals surface area contributed by atoms with E-state index in [0.29, 0.717) is 22.9 Å². The molecular weight excluding hydrogens is 686 g/mol. The second kappa shape index (κ2) is 12.7.